The Morgan fingerprint density at radius 2 is 1.85 bits per heavy atom. The highest BCUT2D eigenvalue weighted by atomic mass is 32.2. The van der Waals surface area contributed by atoms with Gasteiger partial charge in [0.05, 0.1) is 29.3 Å². The Hall–Kier alpha value is -2.80. The average molecular weight is 381 g/mol. The molecule has 1 aromatic heterocycles. The van der Waals surface area contributed by atoms with Gasteiger partial charge in [-0.15, -0.1) is 0 Å². The quantitative estimate of drug-likeness (QED) is 0.650. The highest BCUT2D eigenvalue weighted by Gasteiger charge is 2.21. The summed E-state index contributed by atoms with van der Waals surface area (Å²) in [6.45, 7) is 1.65. The molecule has 0 saturated carbocycles. The summed E-state index contributed by atoms with van der Waals surface area (Å²) in [6.07, 6.45) is 0. The second kappa shape index (κ2) is 7.44. The number of thioether (sulfide) groups is 1. The van der Waals surface area contributed by atoms with Crippen molar-refractivity contribution in [3.8, 4) is 5.69 Å². The first kappa shape index (κ1) is 17.6. The summed E-state index contributed by atoms with van der Waals surface area (Å²) in [4.78, 5) is 32.1. The molecule has 2 heterocycles. The van der Waals surface area contributed by atoms with Crippen molar-refractivity contribution in [3.05, 3.63) is 64.4 Å². The van der Waals surface area contributed by atoms with Crippen LogP contribution in [0.5, 0.6) is 0 Å². The molecule has 6 nitrogen and oxygen atoms in total. The average Bonchev–Trinajstić information content (AvgIpc) is 2.74. The van der Waals surface area contributed by atoms with E-state index in [-0.39, 0.29) is 5.56 Å². The number of methoxy groups -OCH3 is 1. The number of fused-ring (bicyclic) bond motifs is 1. The maximum absolute atomic E-state index is 13.3. The van der Waals surface area contributed by atoms with Crippen LogP contribution in [0.15, 0.2) is 53.3 Å². The van der Waals surface area contributed by atoms with Gasteiger partial charge in [-0.05, 0) is 30.3 Å². The predicted molar refractivity (Wildman–Crippen MR) is 108 cm³/mol. The van der Waals surface area contributed by atoms with Crippen LogP contribution in [0.2, 0.25) is 0 Å². The van der Waals surface area contributed by atoms with E-state index < -0.39 is 5.97 Å². The zero-order valence-electron chi connectivity index (χ0n) is 14.9. The number of hydrogen-bond acceptors (Lipinski definition) is 6. The third-order valence-electron chi connectivity index (χ3n) is 4.58. The lowest BCUT2D eigenvalue weighted by molar-refractivity contribution is 0.0601. The smallest absolute Gasteiger partial charge is 0.337 e. The molecule has 3 aromatic rings. The molecule has 0 amide bonds. The van der Waals surface area contributed by atoms with Crippen LogP contribution in [0.1, 0.15) is 10.4 Å². The van der Waals surface area contributed by atoms with Gasteiger partial charge in [0.2, 0.25) is 5.95 Å². The molecule has 7 heteroatoms. The molecule has 0 aliphatic carbocycles. The molecule has 2 aromatic carbocycles. The SMILES string of the molecule is COC(=O)c1ccc2c(=O)n(-c3ccccc3)c(N3CCSCC3)nc2c1. The van der Waals surface area contributed by atoms with Gasteiger partial charge < -0.3 is 9.64 Å². The van der Waals surface area contributed by atoms with Crippen LogP contribution in [0, 0.1) is 0 Å². The number of hydrogen-bond donors (Lipinski definition) is 0. The van der Waals surface area contributed by atoms with E-state index >= 15 is 0 Å². The Bertz CT molecular complexity index is 1040. The minimum absolute atomic E-state index is 0.143. The first-order valence-corrected chi connectivity index (χ1v) is 9.88. The summed E-state index contributed by atoms with van der Waals surface area (Å²) in [6, 6.07) is 14.4. The fourth-order valence-electron chi connectivity index (χ4n) is 3.20. The molecule has 1 saturated heterocycles. The summed E-state index contributed by atoms with van der Waals surface area (Å²) in [5.74, 6) is 2.15. The van der Waals surface area contributed by atoms with Gasteiger partial charge in [-0.2, -0.15) is 11.8 Å². The lowest BCUT2D eigenvalue weighted by Gasteiger charge is -2.29. The van der Waals surface area contributed by atoms with E-state index in [2.05, 4.69) is 4.90 Å². The first-order chi connectivity index (χ1) is 13.2. The predicted octanol–water partition coefficient (Wildman–Crippen LogP) is 2.73. The number of esters is 1. The number of anilines is 1. The minimum atomic E-state index is -0.443. The van der Waals surface area contributed by atoms with E-state index in [1.54, 1.807) is 22.8 Å². The largest absolute Gasteiger partial charge is 0.465 e. The molecule has 0 N–H and O–H groups in total. The second-order valence-corrected chi connectivity index (χ2v) is 7.44. The van der Waals surface area contributed by atoms with Crippen molar-refractivity contribution >= 4 is 34.6 Å². The van der Waals surface area contributed by atoms with Crippen molar-refractivity contribution in [3.63, 3.8) is 0 Å². The van der Waals surface area contributed by atoms with Crippen molar-refractivity contribution in [2.45, 2.75) is 0 Å². The number of ether oxygens (including phenoxy) is 1. The van der Waals surface area contributed by atoms with E-state index in [1.165, 1.54) is 7.11 Å². The number of para-hydroxylation sites is 1. The van der Waals surface area contributed by atoms with E-state index in [1.807, 2.05) is 42.1 Å². The minimum Gasteiger partial charge on any atom is -0.465 e. The Morgan fingerprint density at radius 1 is 1.11 bits per heavy atom. The van der Waals surface area contributed by atoms with Gasteiger partial charge in [-0.25, -0.2) is 14.3 Å². The van der Waals surface area contributed by atoms with Crippen molar-refractivity contribution in [1.29, 1.82) is 0 Å². The molecular weight excluding hydrogens is 362 g/mol. The molecule has 1 aliphatic heterocycles. The van der Waals surface area contributed by atoms with Crippen LogP contribution >= 0.6 is 11.8 Å². The molecule has 1 aliphatic rings. The number of carbonyl (C=O) groups excluding carboxylic acids is 1. The van der Waals surface area contributed by atoms with E-state index in [0.29, 0.717) is 22.4 Å². The van der Waals surface area contributed by atoms with Gasteiger partial charge >= 0.3 is 5.97 Å². The third-order valence-corrected chi connectivity index (χ3v) is 5.52. The zero-order chi connectivity index (χ0) is 18.8. The van der Waals surface area contributed by atoms with Gasteiger partial charge in [0.25, 0.3) is 5.56 Å². The molecule has 0 bridgehead atoms. The Kier molecular flexibility index (Phi) is 4.85. The van der Waals surface area contributed by atoms with Crippen molar-refractivity contribution in [2.75, 3.05) is 36.6 Å². The summed E-state index contributed by atoms with van der Waals surface area (Å²) >= 11 is 1.89. The molecule has 0 unspecified atom stereocenters. The highest BCUT2D eigenvalue weighted by molar-refractivity contribution is 7.99. The fraction of sp³-hybridized carbons (Fsp3) is 0.250. The maximum atomic E-state index is 13.3. The third kappa shape index (κ3) is 3.30. The second-order valence-electron chi connectivity index (χ2n) is 6.21. The molecule has 0 atom stereocenters. The Balaban J connectivity index is 1.97. The standard InChI is InChI=1S/C20H19N3O3S/c1-26-19(25)14-7-8-16-17(13-14)21-20(22-9-11-27-12-10-22)23(18(16)24)15-5-3-2-4-6-15/h2-8,13H,9-12H2,1H3. The summed E-state index contributed by atoms with van der Waals surface area (Å²) in [7, 11) is 1.34. The molecule has 27 heavy (non-hydrogen) atoms. The number of carbonyl (C=O) groups is 1. The summed E-state index contributed by atoms with van der Waals surface area (Å²) in [5.41, 5.74) is 1.52. The number of nitrogens with zero attached hydrogens (tertiary/aromatic N) is 3. The fourth-order valence-corrected chi connectivity index (χ4v) is 4.11. The monoisotopic (exact) mass is 381 g/mol. The zero-order valence-corrected chi connectivity index (χ0v) is 15.7. The van der Waals surface area contributed by atoms with Crippen LogP contribution in [-0.4, -0.2) is 47.2 Å². The molecular formula is C20H19N3O3S. The molecule has 0 radical (unpaired) electrons. The van der Waals surface area contributed by atoms with E-state index in [4.69, 9.17) is 9.72 Å². The van der Waals surface area contributed by atoms with Crippen LogP contribution in [0.3, 0.4) is 0 Å². The van der Waals surface area contributed by atoms with Crippen molar-refractivity contribution < 1.29 is 9.53 Å². The summed E-state index contributed by atoms with van der Waals surface area (Å²) < 4.78 is 6.45. The van der Waals surface area contributed by atoms with Gasteiger partial charge in [0, 0.05) is 24.6 Å². The lowest BCUT2D eigenvalue weighted by Crippen LogP contribution is -2.38. The van der Waals surface area contributed by atoms with Crippen molar-refractivity contribution in [2.24, 2.45) is 0 Å². The number of rotatable bonds is 3. The van der Waals surface area contributed by atoms with E-state index in [9.17, 15) is 9.59 Å². The van der Waals surface area contributed by atoms with Crippen LogP contribution in [0.4, 0.5) is 5.95 Å². The van der Waals surface area contributed by atoms with E-state index in [0.717, 1.165) is 30.3 Å². The number of aromatic nitrogens is 2. The van der Waals surface area contributed by atoms with Crippen LogP contribution in [0.25, 0.3) is 16.6 Å². The van der Waals surface area contributed by atoms with Crippen LogP contribution in [-0.2, 0) is 4.74 Å². The summed E-state index contributed by atoms with van der Waals surface area (Å²) in [5, 5.41) is 0.474. The molecule has 1 fully saturated rings. The van der Waals surface area contributed by atoms with Crippen LogP contribution < -0.4 is 10.5 Å². The molecule has 4 rings (SSSR count). The van der Waals surface area contributed by atoms with Gasteiger partial charge in [-0.1, -0.05) is 18.2 Å². The van der Waals surface area contributed by atoms with Gasteiger partial charge in [0.1, 0.15) is 0 Å². The first-order valence-electron chi connectivity index (χ1n) is 8.72. The number of benzene rings is 2. The van der Waals surface area contributed by atoms with Gasteiger partial charge in [-0.3, -0.25) is 4.79 Å². The maximum Gasteiger partial charge on any atom is 0.337 e. The molecule has 138 valence electrons. The topological polar surface area (TPSA) is 64.4 Å². The van der Waals surface area contributed by atoms with Gasteiger partial charge in [0.15, 0.2) is 0 Å². The Labute approximate surface area is 160 Å². The normalized spacial score (nSPS) is 14.3. The highest BCUT2D eigenvalue weighted by Crippen LogP contribution is 2.23. The lowest BCUT2D eigenvalue weighted by atomic mass is 10.1. The van der Waals surface area contributed by atoms with Crippen molar-refractivity contribution in [1.82, 2.24) is 9.55 Å². The molecule has 0 spiro atoms. The Morgan fingerprint density at radius 3 is 2.56 bits per heavy atom.